The smallest absolute Gasteiger partial charge is 0.191 e. The molecular formula is C16H33IN4. The fraction of sp³-hybridized carbons (Fsp3) is 0.812. The van der Waals surface area contributed by atoms with Gasteiger partial charge < -0.3 is 15.5 Å². The molecule has 0 aromatic carbocycles. The van der Waals surface area contributed by atoms with Gasteiger partial charge in [-0.05, 0) is 58.2 Å². The number of hydrogen-bond donors (Lipinski definition) is 2. The van der Waals surface area contributed by atoms with Crippen molar-refractivity contribution in [2.45, 2.75) is 39.5 Å². The van der Waals surface area contributed by atoms with Gasteiger partial charge >= 0.3 is 0 Å². The van der Waals surface area contributed by atoms with Crippen LogP contribution in [-0.4, -0.2) is 50.1 Å². The number of halogens is 1. The van der Waals surface area contributed by atoms with Crippen molar-refractivity contribution in [3.05, 3.63) is 12.7 Å². The Kier molecular flexibility index (Phi) is 13.2. The maximum Gasteiger partial charge on any atom is 0.191 e. The highest BCUT2D eigenvalue weighted by Crippen LogP contribution is 2.16. The molecule has 1 aliphatic rings. The summed E-state index contributed by atoms with van der Waals surface area (Å²) in [5.41, 5.74) is 0. The van der Waals surface area contributed by atoms with Gasteiger partial charge in [0.05, 0.1) is 0 Å². The van der Waals surface area contributed by atoms with Crippen LogP contribution in [0.2, 0.25) is 0 Å². The van der Waals surface area contributed by atoms with E-state index in [1.165, 1.54) is 38.9 Å². The summed E-state index contributed by atoms with van der Waals surface area (Å²) >= 11 is 0. The molecule has 0 radical (unpaired) electrons. The first kappa shape index (κ1) is 20.7. The number of hydrogen-bond acceptors (Lipinski definition) is 2. The molecule has 0 aliphatic carbocycles. The third-order valence-corrected chi connectivity index (χ3v) is 3.79. The van der Waals surface area contributed by atoms with Crippen LogP contribution in [0.1, 0.15) is 39.5 Å². The molecule has 1 rings (SSSR count). The van der Waals surface area contributed by atoms with Crippen molar-refractivity contribution in [3.63, 3.8) is 0 Å². The van der Waals surface area contributed by atoms with Crippen molar-refractivity contribution in [1.82, 2.24) is 15.5 Å². The molecule has 5 heteroatoms. The second-order valence-electron chi connectivity index (χ2n) is 5.66. The quantitative estimate of drug-likeness (QED) is 0.213. The minimum absolute atomic E-state index is 0. The van der Waals surface area contributed by atoms with Crippen LogP contribution < -0.4 is 10.6 Å². The third kappa shape index (κ3) is 10.1. The number of likely N-dealkylation sites (tertiary alicyclic amines) is 1. The van der Waals surface area contributed by atoms with E-state index < -0.39 is 0 Å². The first-order valence-electron chi connectivity index (χ1n) is 8.11. The highest BCUT2D eigenvalue weighted by Gasteiger charge is 2.14. The highest BCUT2D eigenvalue weighted by molar-refractivity contribution is 14.0. The van der Waals surface area contributed by atoms with Crippen LogP contribution >= 0.6 is 24.0 Å². The molecule has 0 spiro atoms. The number of unbranched alkanes of at least 4 members (excludes halogenated alkanes) is 1. The monoisotopic (exact) mass is 408 g/mol. The van der Waals surface area contributed by atoms with E-state index in [9.17, 15) is 0 Å². The first-order chi connectivity index (χ1) is 9.76. The Morgan fingerprint density at radius 2 is 2.00 bits per heavy atom. The molecule has 0 amide bonds. The van der Waals surface area contributed by atoms with Crippen molar-refractivity contribution in [2.24, 2.45) is 10.9 Å². The van der Waals surface area contributed by atoms with Crippen LogP contribution in [0.4, 0.5) is 0 Å². The van der Waals surface area contributed by atoms with Gasteiger partial charge in [-0.1, -0.05) is 13.0 Å². The van der Waals surface area contributed by atoms with Crippen molar-refractivity contribution in [2.75, 3.05) is 39.3 Å². The Hall–Kier alpha value is -0.300. The summed E-state index contributed by atoms with van der Waals surface area (Å²) in [6.45, 7) is 14.5. The molecule has 0 unspecified atom stereocenters. The summed E-state index contributed by atoms with van der Waals surface area (Å²) in [5, 5.41) is 6.47. The summed E-state index contributed by atoms with van der Waals surface area (Å²) in [6, 6.07) is 0. The van der Waals surface area contributed by atoms with Crippen LogP contribution in [0, 0.1) is 5.92 Å². The SMILES string of the molecule is C=CCNC(=NCCCCN1CCC(C)CC1)NCC.I. The number of guanidine groups is 1. The molecule has 1 heterocycles. The largest absolute Gasteiger partial charge is 0.357 e. The summed E-state index contributed by atoms with van der Waals surface area (Å²) in [7, 11) is 0. The molecule has 4 nitrogen and oxygen atoms in total. The average molecular weight is 408 g/mol. The van der Waals surface area contributed by atoms with Gasteiger partial charge in [0.25, 0.3) is 0 Å². The Morgan fingerprint density at radius 3 is 2.62 bits per heavy atom. The van der Waals surface area contributed by atoms with E-state index in [1.807, 2.05) is 6.08 Å². The molecule has 1 saturated heterocycles. The summed E-state index contributed by atoms with van der Waals surface area (Å²) < 4.78 is 0. The maximum absolute atomic E-state index is 4.57. The number of rotatable bonds is 8. The van der Waals surface area contributed by atoms with E-state index in [4.69, 9.17) is 0 Å². The molecule has 0 aromatic rings. The number of piperidine rings is 1. The molecule has 0 atom stereocenters. The zero-order chi connectivity index (χ0) is 14.6. The zero-order valence-corrected chi connectivity index (χ0v) is 16.1. The van der Waals surface area contributed by atoms with Gasteiger partial charge in [0.15, 0.2) is 5.96 Å². The summed E-state index contributed by atoms with van der Waals surface area (Å²) in [5.74, 6) is 1.83. The predicted molar refractivity (Wildman–Crippen MR) is 104 cm³/mol. The molecule has 21 heavy (non-hydrogen) atoms. The second-order valence-corrected chi connectivity index (χ2v) is 5.66. The van der Waals surface area contributed by atoms with Crippen LogP contribution in [0.5, 0.6) is 0 Å². The highest BCUT2D eigenvalue weighted by atomic mass is 127. The zero-order valence-electron chi connectivity index (χ0n) is 13.7. The van der Waals surface area contributed by atoms with Gasteiger partial charge in [-0.3, -0.25) is 4.99 Å². The molecular weight excluding hydrogens is 375 g/mol. The van der Waals surface area contributed by atoms with Crippen molar-refractivity contribution in [3.8, 4) is 0 Å². The standard InChI is InChI=1S/C16H32N4.HI/c1-4-10-18-16(17-5-2)19-11-6-7-12-20-13-8-15(3)9-14-20;/h4,15H,1,5-14H2,2-3H3,(H2,17,18,19);1H. The lowest BCUT2D eigenvalue weighted by Gasteiger charge is -2.30. The Balaban J connectivity index is 0.00000400. The Morgan fingerprint density at radius 1 is 1.29 bits per heavy atom. The van der Waals surface area contributed by atoms with Gasteiger partial charge in [-0.15, -0.1) is 30.6 Å². The molecule has 0 bridgehead atoms. The van der Waals surface area contributed by atoms with E-state index in [0.717, 1.165) is 37.9 Å². The van der Waals surface area contributed by atoms with E-state index in [2.05, 4.69) is 41.0 Å². The van der Waals surface area contributed by atoms with Crippen molar-refractivity contribution >= 4 is 29.9 Å². The van der Waals surface area contributed by atoms with Crippen LogP contribution in [0.3, 0.4) is 0 Å². The fourth-order valence-electron chi connectivity index (χ4n) is 2.43. The van der Waals surface area contributed by atoms with E-state index in [1.54, 1.807) is 0 Å². The number of aliphatic imine (C=N–C) groups is 1. The normalized spacial score (nSPS) is 17.1. The second kappa shape index (κ2) is 13.4. The topological polar surface area (TPSA) is 39.7 Å². The maximum atomic E-state index is 4.57. The summed E-state index contributed by atoms with van der Waals surface area (Å²) in [6.07, 6.45) is 7.00. The minimum atomic E-state index is 0. The number of nitrogens with one attached hydrogen (secondary N) is 2. The fourth-order valence-corrected chi connectivity index (χ4v) is 2.43. The van der Waals surface area contributed by atoms with Gasteiger partial charge in [0, 0.05) is 19.6 Å². The van der Waals surface area contributed by atoms with Crippen LogP contribution in [0.15, 0.2) is 17.6 Å². The lowest BCUT2D eigenvalue weighted by molar-refractivity contribution is 0.190. The van der Waals surface area contributed by atoms with E-state index >= 15 is 0 Å². The first-order valence-corrected chi connectivity index (χ1v) is 8.11. The number of nitrogens with zero attached hydrogens (tertiary/aromatic N) is 2. The molecule has 124 valence electrons. The predicted octanol–water partition coefficient (Wildman–Crippen LogP) is 2.86. The van der Waals surface area contributed by atoms with Gasteiger partial charge in [0.1, 0.15) is 0 Å². The molecule has 0 aromatic heterocycles. The third-order valence-electron chi connectivity index (χ3n) is 3.79. The minimum Gasteiger partial charge on any atom is -0.357 e. The summed E-state index contributed by atoms with van der Waals surface area (Å²) in [4.78, 5) is 7.18. The van der Waals surface area contributed by atoms with E-state index in [0.29, 0.717) is 0 Å². The molecule has 0 saturated carbocycles. The molecule has 2 N–H and O–H groups in total. The van der Waals surface area contributed by atoms with Gasteiger partial charge in [0.2, 0.25) is 0 Å². The van der Waals surface area contributed by atoms with Gasteiger partial charge in [-0.25, -0.2) is 0 Å². The van der Waals surface area contributed by atoms with Crippen molar-refractivity contribution < 1.29 is 0 Å². The van der Waals surface area contributed by atoms with Gasteiger partial charge in [-0.2, -0.15) is 0 Å². The lowest BCUT2D eigenvalue weighted by Crippen LogP contribution is -2.37. The van der Waals surface area contributed by atoms with Crippen molar-refractivity contribution in [1.29, 1.82) is 0 Å². The molecule has 1 aliphatic heterocycles. The Labute approximate surface area is 147 Å². The lowest BCUT2D eigenvalue weighted by atomic mass is 9.99. The average Bonchev–Trinajstić information content (AvgIpc) is 2.46. The van der Waals surface area contributed by atoms with E-state index in [-0.39, 0.29) is 24.0 Å². The Bertz CT molecular complexity index is 286. The molecule has 1 fully saturated rings. The van der Waals surface area contributed by atoms with Crippen LogP contribution in [-0.2, 0) is 0 Å². The van der Waals surface area contributed by atoms with Crippen LogP contribution in [0.25, 0.3) is 0 Å².